The van der Waals surface area contributed by atoms with Crippen molar-refractivity contribution in [2.75, 3.05) is 6.54 Å². The summed E-state index contributed by atoms with van der Waals surface area (Å²) in [7, 11) is 0. The molecule has 6 heteroatoms. The van der Waals surface area contributed by atoms with E-state index in [-0.39, 0.29) is 18.8 Å². The highest BCUT2D eigenvalue weighted by atomic mass is 16.6. The Morgan fingerprint density at radius 1 is 1.41 bits per heavy atom. The van der Waals surface area contributed by atoms with Crippen molar-refractivity contribution in [3.8, 4) is 5.75 Å². The molecule has 1 heterocycles. The van der Waals surface area contributed by atoms with E-state index in [2.05, 4.69) is 4.98 Å². The Kier molecular flexibility index (Phi) is 6.17. The number of hydrogen-bond acceptors (Lipinski definition) is 5. The Morgan fingerprint density at radius 3 is 2.59 bits per heavy atom. The average molecular weight is 310 g/mol. The minimum absolute atomic E-state index is 0.0187. The van der Waals surface area contributed by atoms with Crippen molar-refractivity contribution in [3.05, 3.63) is 23.5 Å². The quantitative estimate of drug-likeness (QED) is 0.873. The van der Waals surface area contributed by atoms with Crippen molar-refractivity contribution < 1.29 is 19.7 Å². The number of rotatable bonds is 5. The van der Waals surface area contributed by atoms with E-state index in [9.17, 15) is 15.0 Å². The van der Waals surface area contributed by atoms with Crippen LogP contribution in [0.4, 0.5) is 4.79 Å². The second kappa shape index (κ2) is 7.45. The molecule has 0 radical (unpaired) electrons. The lowest BCUT2D eigenvalue weighted by Gasteiger charge is -2.28. The zero-order valence-corrected chi connectivity index (χ0v) is 14.0. The molecular formula is C16H26N2O4. The van der Waals surface area contributed by atoms with E-state index in [4.69, 9.17) is 4.74 Å². The third-order valence-corrected chi connectivity index (χ3v) is 2.98. The van der Waals surface area contributed by atoms with Gasteiger partial charge in [-0.2, -0.15) is 0 Å². The summed E-state index contributed by atoms with van der Waals surface area (Å²) >= 11 is 0. The lowest BCUT2D eigenvalue weighted by atomic mass is 10.2. The van der Waals surface area contributed by atoms with Crippen LogP contribution in [-0.4, -0.2) is 44.4 Å². The zero-order valence-electron chi connectivity index (χ0n) is 14.0. The van der Waals surface area contributed by atoms with E-state index in [0.717, 1.165) is 5.69 Å². The number of amides is 1. The van der Waals surface area contributed by atoms with Gasteiger partial charge < -0.3 is 14.9 Å². The van der Waals surface area contributed by atoms with Gasteiger partial charge in [-0.05, 0) is 46.2 Å². The van der Waals surface area contributed by atoms with Crippen molar-refractivity contribution in [1.29, 1.82) is 0 Å². The van der Waals surface area contributed by atoms with Crippen LogP contribution in [0.3, 0.4) is 0 Å². The maximum absolute atomic E-state index is 12.3. The largest absolute Gasteiger partial charge is 0.506 e. The third kappa shape index (κ3) is 5.89. The summed E-state index contributed by atoms with van der Waals surface area (Å²) in [6.07, 6.45) is -0.672. The Hall–Kier alpha value is -1.82. The average Bonchev–Trinajstić information content (AvgIpc) is 2.39. The molecule has 1 atom stereocenters. The van der Waals surface area contributed by atoms with Crippen LogP contribution < -0.4 is 0 Å². The van der Waals surface area contributed by atoms with Gasteiger partial charge in [0.25, 0.3) is 0 Å². The van der Waals surface area contributed by atoms with Crippen molar-refractivity contribution in [3.63, 3.8) is 0 Å². The van der Waals surface area contributed by atoms with E-state index >= 15 is 0 Å². The van der Waals surface area contributed by atoms with E-state index in [1.165, 1.54) is 4.90 Å². The first-order valence-corrected chi connectivity index (χ1v) is 7.44. The van der Waals surface area contributed by atoms with Gasteiger partial charge in [0.1, 0.15) is 17.0 Å². The number of ether oxygens (including phenoxy) is 1. The van der Waals surface area contributed by atoms with Gasteiger partial charge in [0.2, 0.25) is 0 Å². The highest BCUT2D eigenvalue weighted by molar-refractivity contribution is 5.68. The van der Waals surface area contributed by atoms with Crippen molar-refractivity contribution in [1.82, 2.24) is 9.88 Å². The molecule has 2 N–H and O–H groups in total. The fourth-order valence-electron chi connectivity index (χ4n) is 1.81. The molecule has 22 heavy (non-hydrogen) atoms. The molecule has 1 aromatic heterocycles. The van der Waals surface area contributed by atoms with Gasteiger partial charge in [0, 0.05) is 5.69 Å². The second-order valence-corrected chi connectivity index (χ2v) is 6.34. The van der Waals surface area contributed by atoms with Crippen LogP contribution in [0.5, 0.6) is 5.75 Å². The topological polar surface area (TPSA) is 82.9 Å². The number of aromatic nitrogens is 1. The van der Waals surface area contributed by atoms with E-state index in [1.807, 2.05) is 13.8 Å². The number of aliphatic hydroxyl groups excluding tert-OH is 1. The minimum atomic E-state index is -0.653. The first kappa shape index (κ1) is 18.2. The molecule has 0 saturated carbocycles. The highest BCUT2D eigenvalue weighted by Gasteiger charge is 2.25. The first-order valence-electron chi connectivity index (χ1n) is 7.44. The molecule has 1 rings (SSSR count). The van der Waals surface area contributed by atoms with Gasteiger partial charge in [0.15, 0.2) is 0 Å². The van der Waals surface area contributed by atoms with E-state index in [0.29, 0.717) is 12.1 Å². The minimum Gasteiger partial charge on any atom is -0.506 e. The smallest absolute Gasteiger partial charge is 0.410 e. The van der Waals surface area contributed by atoms with E-state index in [1.54, 1.807) is 32.9 Å². The monoisotopic (exact) mass is 310 g/mol. The Balaban J connectivity index is 2.94. The number of aromatic hydroxyl groups is 1. The number of aryl methyl sites for hydroxylation is 1. The van der Waals surface area contributed by atoms with Crippen molar-refractivity contribution in [2.45, 2.75) is 59.3 Å². The summed E-state index contributed by atoms with van der Waals surface area (Å²) in [6.45, 7) is 9.19. The second-order valence-electron chi connectivity index (χ2n) is 6.34. The van der Waals surface area contributed by atoms with Gasteiger partial charge in [-0.15, -0.1) is 0 Å². The summed E-state index contributed by atoms with van der Waals surface area (Å²) in [6, 6.07) is 3.23. The van der Waals surface area contributed by atoms with Gasteiger partial charge in [0.05, 0.1) is 19.2 Å². The van der Waals surface area contributed by atoms with Crippen LogP contribution in [0.25, 0.3) is 0 Å². The number of aliphatic hydroxyl groups is 1. The fraction of sp³-hybridized carbons (Fsp3) is 0.625. The molecule has 0 spiro atoms. The molecule has 0 bridgehead atoms. The third-order valence-electron chi connectivity index (χ3n) is 2.98. The molecular weight excluding hydrogens is 284 g/mol. The summed E-state index contributed by atoms with van der Waals surface area (Å²) in [5, 5.41) is 19.7. The SMILES string of the molecule is CC[C@H](O)CN(Cc1nc(C)ccc1O)C(=O)OC(C)(C)C. The predicted molar refractivity (Wildman–Crippen MR) is 83.6 cm³/mol. The molecule has 0 unspecified atom stereocenters. The fourth-order valence-corrected chi connectivity index (χ4v) is 1.81. The standard InChI is InChI=1S/C16H26N2O4/c1-6-12(19)9-18(15(21)22-16(3,4)5)10-13-14(20)8-7-11(2)17-13/h7-8,12,19-20H,6,9-10H2,1-5H3/t12-/m0/s1. The summed E-state index contributed by atoms with van der Waals surface area (Å²) in [4.78, 5) is 17.9. The number of pyridine rings is 1. The van der Waals surface area contributed by atoms with Crippen LogP contribution in [0.1, 0.15) is 45.5 Å². The zero-order chi connectivity index (χ0) is 16.9. The van der Waals surface area contributed by atoms with Crippen molar-refractivity contribution in [2.24, 2.45) is 0 Å². The molecule has 0 aromatic carbocycles. The number of hydrogen-bond donors (Lipinski definition) is 2. The van der Waals surface area contributed by atoms with E-state index < -0.39 is 17.8 Å². The van der Waals surface area contributed by atoms with Crippen LogP contribution in [0.2, 0.25) is 0 Å². The molecule has 0 aliphatic carbocycles. The van der Waals surface area contributed by atoms with Gasteiger partial charge >= 0.3 is 6.09 Å². The van der Waals surface area contributed by atoms with Crippen LogP contribution >= 0.6 is 0 Å². The molecule has 0 aliphatic heterocycles. The number of nitrogens with zero attached hydrogens (tertiary/aromatic N) is 2. The molecule has 0 saturated heterocycles. The van der Waals surface area contributed by atoms with Crippen LogP contribution in [0.15, 0.2) is 12.1 Å². The van der Waals surface area contributed by atoms with Crippen molar-refractivity contribution >= 4 is 6.09 Å². The summed E-state index contributed by atoms with van der Waals surface area (Å²) in [5.74, 6) is 0.0187. The first-order chi connectivity index (χ1) is 10.1. The van der Waals surface area contributed by atoms with Crippen LogP contribution in [0, 0.1) is 6.92 Å². The molecule has 6 nitrogen and oxygen atoms in total. The Morgan fingerprint density at radius 2 is 2.05 bits per heavy atom. The van der Waals surface area contributed by atoms with Gasteiger partial charge in [-0.25, -0.2) is 4.79 Å². The molecule has 124 valence electrons. The van der Waals surface area contributed by atoms with Gasteiger partial charge in [-0.1, -0.05) is 6.92 Å². The molecule has 0 fully saturated rings. The lowest BCUT2D eigenvalue weighted by Crippen LogP contribution is -2.40. The normalized spacial score (nSPS) is 12.8. The lowest BCUT2D eigenvalue weighted by molar-refractivity contribution is 0.0119. The number of carbonyl (C=O) groups is 1. The summed E-state index contributed by atoms with van der Waals surface area (Å²) in [5.41, 5.74) is 0.497. The maximum atomic E-state index is 12.3. The number of carbonyl (C=O) groups excluding carboxylic acids is 1. The molecule has 1 aromatic rings. The van der Waals surface area contributed by atoms with Crippen LogP contribution in [-0.2, 0) is 11.3 Å². The van der Waals surface area contributed by atoms with Gasteiger partial charge in [-0.3, -0.25) is 9.88 Å². The molecule has 0 aliphatic rings. The summed E-state index contributed by atoms with van der Waals surface area (Å²) < 4.78 is 5.35. The maximum Gasteiger partial charge on any atom is 0.410 e. The Bertz CT molecular complexity index is 511. The predicted octanol–water partition coefficient (Wildman–Crippen LogP) is 2.60. The Labute approximate surface area is 131 Å². The molecule has 1 amide bonds. The highest BCUT2D eigenvalue weighted by Crippen LogP contribution is 2.19.